The summed E-state index contributed by atoms with van der Waals surface area (Å²) in [5, 5.41) is 8.61. The van der Waals surface area contributed by atoms with Crippen molar-refractivity contribution < 1.29 is 14.3 Å². The van der Waals surface area contributed by atoms with Crippen LogP contribution in [0.3, 0.4) is 0 Å². The van der Waals surface area contributed by atoms with Crippen molar-refractivity contribution in [1.29, 1.82) is 0 Å². The molecule has 0 radical (unpaired) electrons. The molecule has 0 saturated carbocycles. The zero-order chi connectivity index (χ0) is 22.2. The Morgan fingerprint density at radius 1 is 1.06 bits per heavy atom. The highest BCUT2D eigenvalue weighted by Crippen LogP contribution is 2.27. The second kappa shape index (κ2) is 10.8. The SMILES string of the molecule is COc1cccc(C(CNC(=O)c2cccc(NC(=O)NC(C)C)c2)N2CCCC2)c1. The first-order valence-corrected chi connectivity index (χ1v) is 10.8. The smallest absolute Gasteiger partial charge is 0.319 e. The van der Waals surface area contributed by atoms with Crippen molar-refractivity contribution in [3.63, 3.8) is 0 Å². The number of amides is 3. The number of benzene rings is 2. The molecule has 2 aromatic rings. The zero-order valence-corrected chi connectivity index (χ0v) is 18.5. The van der Waals surface area contributed by atoms with Crippen LogP contribution in [-0.2, 0) is 0 Å². The summed E-state index contributed by atoms with van der Waals surface area (Å²) >= 11 is 0. The first-order valence-electron chi connectivity index (χ1n) is 10.8. The van der Waals surface area contributed by atoms with Crippen molar-refractivity contribution in [2.75, 3.05) is 32.1 Å². The highest BCUT2D eigenvalue weighted by Gasteiger charge is 2.24. The molecule has 3 amide bonds. The number of nitrogens with zero attached hydrogens (tertiary/aromatic N) is 1. The van der Waals surface area contributed by atoms with Crippen LogP contribution in [0.2, 0.25) is 0 Å². The number of likely N-dealkylation sites (tertiary alicyclic amines) is 1. The molecule has 1 heterocycles. The van der Waals surface area contributed by atoms with Gasteiger partial charge in [-0.05, 0) is 75.7 Å². The van der Waals surface area contributed by atoms with E-state index in [2.05, 4.69) is 26.9 Å². The Labute approximate surface area is 184 Å². The van der Waals surface area contributed by atoms with Gasteiger partial charge in [-0.15, -0.1) is 0 Å². The standard InChI is InChI=1S/C24H32N4O3/c1-17(2)26-24(30)27-20-10-6-9-19(14-20)23(29)25-16-22(28-12-4-5-13-28)18-8-7-11-21(15-18)31-3/h6-11,14-15,17,22H,4-5,12-13,16H2,1-3H3,(H,25,29)(H2,26,27,30). The van der Waals surface area contributed by atoms with Crippen molar-refractivity contribution in [3.05, 3.63) is 59.7 Å². The number of rotatable bonds is 8. The maximum atomic E-state index is 12.9. The predicted octanol–water partition coefficient (Wildman–Crippen LogP) is 3.79. The lowest BCUT2D eigenvalue weighted by atomic mass is 10.0. The van der Waals surface area contributed by atoms with Gasteiger partial charge in [0.1, 0.15) is 5.75 Å². The van der Waals surface area contributed by atoms with E-state index in [1.165, 1.54) is 12.8 Å². The summed E-state index contributed by atoms with van der Waals surface area (Å²) in [4.78, 5) is 27.2. The Morgan fingerprint density at radius 3 is 2.52 bits per heavy atom. The van der Waals surface area contributed by atoms with Crippen LogP contribution in [0, 0.1) is 0 Å². The van der Waals surface area contributed by atoms with E-state index < -0.39 is 0 Å². The van der Waals surface area contributed by atoms with Gasteiger partial charge in [-0.3, -0.25) is 9.69 Å². The minimum atomic E-state index is -0.292. The van der Waals surface area contributed by atoms with Crippen LogP contribution < -0.4 is 20.7 Å². The molecule has 1 atom stereocenters. The minimum Gasteiger partial charge on any atom is -0.497 e. The monoisotopic (exact) mass is 424 g/mol. The van der Waals surface area contributed by atoms with Crippen molar-refractivity contribution in [1.82, 2.24) is 15.5 Å². The maximum absolute atomic E-state index is 12.9. The molecule has 1 saturated heterocycles. The number of urea groups is 1. The van der Waals surface area contributed by atoms with Gasteiger partial charge >= 0.3 is 6.03 Å². The summed E-state index contributed by atoms with van der Waals surface area (Å²) in [6.07, 6.45) is 2.33. The Morgan fingerprint density at radius 2 is 1.81 bits per heavy atom. The number of hydrogen-bond donors (Lipinski definition) is 3. The summed E-state index contributed by atoms with van der Waals surface area (Å²) in [6, 6.07) is 14.8. The molecule has 0 aliphatic carbocycles. The van der Waals surface area contributed by atoms with E-state index in [-0.39, 0.29) is 24.0 Å². The van der Waals surface area contributed by atoms with Gasteiger partial charge in [0.15, 0.2) is 0 Å². The Hall–Kier alpha value is -3.06. The van der Waals surface area contributed by atoms with Gasteiger partial charge in [-0.25, -0.2) is 4.79 Å². The van der Waals surface area contributed by atoms with Gasteiger partial charge in [0.2, 0.25) is 0 Å². The van der Waals surface area contributed by atoms with Gasteiger partial charge in [0.25, 0.3) is 5.91 Å². The molecule has 2 aromatic carbocycles. The van der Waals surface area contributed by atoms with Gasteiger partial charge in [-0.1, -0.05) is 18.2 Å². The van der Waals surface area contributed by atoms with E-state index in [9.17, 15) is 9.59 Å². The predicted molar refractivity (Wildman–Crippen MR) is 123 cm³/mol. The van der Waals surface area contributed by atoms with E-state index in [1.807, 2.05) is 32.0 Å². The summed E-state index contributed by atoms with van der Waals surface area (Å²) in [5.41, 5.74) is 2.21. The molecule has 0 bridgehead atoms. The van der Waals surface area contributed by atoms with E-state index in [0.717, 1.165) is 24.4 Å². The van der Waals surface area contributed by atoms with Crippen LogP contribution in [0.5, 0.6) is 5.75 Å². The molecule has 1 fully saturated rings. The molecule has 166 valence electrons. The summed E-state index contributed by atoms with van der Waals surface area (Å²) in [6.45, 7) is 6.31. The molecular formula is C24H32N4O3. The van der Waals surface area contributed by atoms with Crippen molar-refractivity contribution in [2.45, 2.75) is 38.8 Å². The number of carbonyl (C=O) groups is 2. The van der Waals surface area contributed by atoms with Crippen molar-refractivity contribution in [3.8, 4) is 5.75 Å². The third-order valence-electron chi connectivity index (χ3n) is 5.32. The third kappa shape index (κ3) is 6.46. The lowest BCUT2D eigenvalue weighted by Crippen LogP contribution is -2.37. The largest absolute Gasteiger partial charge is 0.497 e. The molecule has 7 heteroatoms. The van der Waals surface area contributed by atoms with E-state index >= 15 is 0 Å². The second-order valence-electron chi connectivity index (χ2n) is 8.08. The first-order chi connectivity index (χ1) is 15.0. The fourth-order valence-corrected chi connectivity index (χ4v) is 3.82. The van der Waals surface area contributed by atoms with Crippen molar-refractivity contribution >= 4 is 17.6 Å². The quantitative estimate of drug-likeness (QED) is 0.602. The molecule has 3 N–H and O–H groups in total. The van der Waals surface area contributed by atoms with Crippen LogP contribution in [-0.4, -0.2) is 49.6 Å². The molecule has 1 unspecified atom stereocenters. The van der Waals surface area contributed by atoms with Gasteiger partial charge in [0, 0.05) is 23.8 Å². The van der Waals surface area contributed by atoms with Crippen molar-refractivity contribution in [2.24, 2.45) is 0 Å². The second-order valence-corrected chi connectivity index (χ2v) is 8.08. The number of nitrogens with one attached hydrogen (secondary N) is 3. The Bertz CT molecular complexity index is 894. The first kappa shape index (κ1) is 22.6. The Kier molecular flexibility index (Phi) is 7.89. The fourth-order valence-electron chi connectivity index (χ4n) is 3.82. The molecule has 1 aliphatic heterocycles. The van der Waals surface area contributed by atoms with Crippen LogP contribution in [0.4, 0.5) is 10.5 Å². The molecule has 1 aliphatic rings. The topological polar surface area (TPSA) is 82.7 Å². The molecule has 0 aromatic heterocycles. The van der Waals surface area contributed by atoms with E-state index in [4.69, 9.17) is 4.74 Å². The highest BCUT2D eigenvalue weighted by molar-refractivity contribution is 5.96. The molecule has 0 spiro atoms. The maximum Gasteiger partial charge on any atom is 0.319 e. The van der Waals surface area contributed by atoms with E-state index in [1.54, 1.807) is 31.4 Å². The van der Waals surface area contributed by atoms with Crippen LogP contribution >= 0.6 is 0 Å². The third-order valence-corrected chi connectivity index (χ3v) is 5.32. The minimum absolute atomic E-state index is 0.0330. The van der Waals surface area contributed by atoms with Crippen LogP contribution in [0.15, 0.2) is 48.5 Å². The van der Waals surface area contributed by atoms with E-state index in [0.29, 0.717) is 17.8 Å². The number of ether oxygens (including phenoxy) is 1. The molecule has 31 heavy (non-hydrogen) atoms. The van der Waals surface area contributed by atoms with Gasteiger partial charge < -0.3 is 20.7 Å². The van der Waals surface area contributed by atoms with Crippen LogP contribution in [0.1, 0.15) is 48.7 Å². The van der Waals surface area contributed by atoms with Crippen LogP contribution in [0.25, 0.3) is 0 Å². The average molecular weight is 425 g/mol. The molecule has 7 nitrogen and oxygen atoms in total. The normalized spacial score (nSPS) is 14.8. The summed E-state index contributed by atoms with van der Waals surface area (Å²) < 4.78 is 5.39. The van der Waals surface area contributed by atoms with Gasteiger partial charge in [0.05, 0.1) is 13.2 Å². The summed E-state index contributed by atoms with van der Waals surface area (Å²) in [7, 11) is 1.66. The lowest BCUT2D eigenvalue weighted by molar-refractivity contribution is 0.0938. The average Bonchev–Trinajstić information content (AvgIpc) is 3.28. The summed E-state index contributed by atoms with van der Waals surface area (Å²) in [5.74, 6) is 0.645. The molecular weight excluding hydrogens is 392 g/mol. The molecule has 3 rings (SSSR count). The number of anilines is 1. The Balaban J connectivity index is 1.68. The fraction of sp³-hybridized carbons (Fsp3) is 0.417. The number of carbonyl (C=O) groups excluding carboxylic acids is 2. The highest BCUT2D eigenvalue weighted by atomic mass is 16.5. The number of methoxy groups -OCH3 is 1. The van der Waals surface area contributed by atoms with Gasteiger partial charge in [-0.2, -0.15) is 0 Å². The number of hydrogen-bond acceptors (Lipinski definition) is 4. The lowest BCUT2D eigenvalue weighted by Gasteiger charge is -2.28. The zero-order valence-electron chi connectivity index (χ0n) is 18.5.